The van der Waals surface area contributed by atoms with Gasteiger partial charge in [0.1, 0.15) is 5.69 Å². The number of pyridine rings is 1. The molecule has 2 fully saturated rings. The first-order chi connectivity index (χ1) is 16.0. The fraction of sp³-hybridized carbons (Fsp3) is 0.375. The van der Waals surface area contributed by atoms with E-state index < -0.39 is 0 Å². The molecule has 1 aromatic carbocycles. The van der Waals surface area contributed by atoms with Gasteiger partial charge in [0.05, 0.1) is 26.2 Å². The van der Waals surface area contributed by atoms with Crippen molar-refractivity contribution in [3.8, 4) is 17.2 Å². The Morgan fingerprint density at radius 3 is 2.42 bits per heavy atom. The van der Waals surface area contributed by atoms with Crippen LogP contribution in [0.3, 0.4) is 0 Å². The molecule has 0 spiro atoms. The second kappa shape index (κ2) is 10.5. The van der Waals surface area contributed by atoms with Crippen LogP contribution >= 0.6 is 23.4 Å². The lowest BCUT2D eigenvalue weighted by atomic mass is 9.94. The summed E-state index contributed by atoms with van der Waals surface area (Å²) in [5.74, 6) is 1.50. The number of hydrogen-bond donors (Lipinski definition) is 0. The minimum atomic E-state index is -0.0561. The summed E-state index contributed by atoms with van der Waals surface area (Å²) in [6.07, 6.45) is 8.78. The predicted molar refractivity (Wildman–Crippen MR) is 132 cm³/mol. The molecule has 2 aromatic rings. The first-order valence-electron chi connectivity index (χ1n) is 10.8. The molecule has 174 valence electrons. The smallest absolute Gasteiger partial charge is 0.267 e. The molecule has 1 saturated heterocycles. The van der Waals surface area contributed by atoms with Crippen LogP contribution in [0.25, 0.3) is 6.08 Å². The van der Waals surface area contributed by atoms with Crippen molar-refractivity contribution in [1.82, 2.24) is 9.88 Å². The van der Waals surface area contributed by atoms with E-state index in [1.54, 1.807) is 39.7 Å². The summed E-state index contributed by atoms with van der Waals surface area (Å²) in [5.41, 5.74) is 1.31. The van der Waals surface area contributed by atoms with Gasteiger partial charge in [0, 0.05) is 12.2 Å². The fourth-order valence-corrected chi connectivity index (χ4v) is 5.34. The van der Waals surface area contributed by atoms with Crippen molar-refractivity contribution in [3.05, 3.63) is 46.1 Å². The summed E-state index contributed by atoms with van der Waals surface area (Å²) in [6.45, 7) is 0. The van der Waals surface area contributed by atoms with E-state index in [0.717, 1.165) is 31.2 Å². The van der Waals surface area contributed by atoms with Crippen molar-refractivity contribution in [2.24, 2.45) is 4.99 Å². The highest BCUT2D eigenvalue weighted by atomic mass is 35.5. The van der Waals surface area contributed by atoms with Crippen LogP contribution in [0.5, 0.6) is 17.2 Å². The van der Waals surface area contributed by atoms with Crippen molar-refractivity contribution in [3.63, 3.8) is 0 Å². The first-order valence-corrected chi connectivity index (χ1v) is 12.0. The number of rotatable bonds is 6. The third-order valence-electron chi connectivity index (χ3n) is 5.72. The van der Waals surface area contributed by atoms with Gasteiger partial charge in [-0.3, -0.25) is 9.69 Å². The van der Waals surface area contributed by atoms with Gasteiger partial charge in [-0.2, -0.15) is 0 Å². The predicted octanol–water partition coefficient (Wildman–Crippen LogP) is 5.70. The Balaban J connectivity index is 1.75. The second-order valence-electron chi connectivity index (χ2n) is 7.74. The topological polar surface area (TPSA) is 73.3 Å². The third kappa shape index (κ3) is 4.96. The van der Waals surface area contributed by atoms with Gasteiger partial charge in [-0.15, -0.1) is 0 Å². The molecular formula is C24H26ClN3O4S. The van der Waals surface area contributed by atoms with E-state index >= 15 is 0 Å². The van der Waals surface area contributed by atoms with Gasteiger partial charge >= 0.3 is 0 Å². The van der Waals surface area contributed by atoms with Crippen molar-refractivity contribution in [2.45, 2.75) is 38.1 Å². The Hall–Kier alpha value is -2.71. The zero-order chi connectivity index (χ0) is 23.4. The van der Waals surface area contributed by atoms with Crippen LogP contribution < -0.4 is 14.2 Å². The highest BCUT2D eigenvalue weighted by Crippen LogP contribution is 2.42. The molecule has 0 N–H and O–H groups in total. The van der Waals surface area contributed by atoms with Gasteiger partial charge in [-0.05, 0) is 60.5 Å². The molecule has 1 aromatic heterocycles. The van der Waals surface area contributed by atoms with Crippen LogP contribution in [0.4, 0.5) is 5.69 Å². The molecule has 7 nitrogen and oxygen atoms in total. The van der Waals surface area contributed by atoms with Crippen molar-refractivity contribution < 1.29 is 19.0 Å². The number of carbonyl (C=O) groups is 1. The maximum Gasteiger partial charge on any atom is 0.267 e. The standard InChI is InChI=1S/C24H26ClN3O4S/c1-30-18-12-15(13-19(31-2)21(18)32-3)14-20-23(29)28(16-8-5-4-6-9-16)24(33-20)27-17-10-7-11-26-22(17)25/h7,10-14,16H,4-6,8-9H2,1-3H3/b20-14-,27-24?. The number of nitrogens with zero attached hydrogens (tertiary/aromatic N) is 3. The van der Waals surface area contributed by atoms with Crippen molar-refractivity contribution >= 4 is 46.2 Å². The fourth-order valence-electron chi connectivity index (χ4n) is 4.13. The molecule has 0 unspecified atom stereocenters. The van der Waals surface area contributed by atoms with E-state index in [9.17, 15) is 4.79 Å². The molecule has 1 amide bonds. The van der Waals surface area contributed by atoms with Gasteiger partial charge in [0.2, 0.25) is 5.75 Å². The SMILES string of the molecule is COc1cc(/C=C2\SC(=Nc3cccnc3Cl)N(C3CCCCC3)C2=O)cc(OC)c1OC. The molecule has 2 aliphatic rings. The Bertz CT molecular complexity index is 1070. The summed E-state index contributed by atoms with van der Waals surface area (Å²) in [7, 11) is 4.69. The maximum absolute atomic E-state index is 13.5. The highest BCUT2D eigenvalue weighted by Gasteiger charge is 2.38. The average molecular weight is 488 g/mol. The maximum atomic E-state index is 13.5. The average Bonchev–Trinajstić information content (AvgIpc) is 3.14. The van der Waals surface area contributed by atoms with Gasteiger partial charge in [0.15, 0.2) is 21.8 Å². The normalized spacial score (nSPS) is 19.4. The van der Waals surface area contributed by atoms with E-state index in [1.165, 1.54) is 18.2 Å². The van der Waals surface area contributed by atoms with E-state index in [-0.39, 0.29) is 11.9 Å². The van der Waals surface area contributed by atoms with Gasteiger partial charge < -0.3 is 14.2 Å². The summed E-state index contributed by atoms with van der Waals surface area (Å²) in [4.78, 5) is 24.8. The number of methoxy groups -OCH3 is 3. The molecule has 0 atom stereocenters. The van der Waals surface area contributed by atoms with E-state index in [4.69, 9.17) is 30.8 Å². The number of carbonyl (C=O) groups excluding carboxylic acids is 1. The molecule has 4 rings (SSSR count). The number of amidine groups is 1. The minimum absolute atomic E-state index is 0.0561. The monoisotopic (exact) mass is 487 g/mol. The number of halogens is 1. The molecule has 33 heavy (non-hydrogen) atoms. The van der Waals surface area contributed by atoms with Crippen LogP contribution in [-0.2, 0) is 4.79 Å². The van der Waals surface area contributed by atoms with E-state index in [2.05, 4.69) is 4.98 Å². The molecule has 1 aliphatic heterocycles. The Kier molecular flexibility index (Phi) is 7.45. The summed E-state index contributed by atoms with van der Waals surface area (Å²) < 4.78 is 16.3. The highest BCUT2D eigenvalue weighted by molar-refractivity contribution is 8.18. The Labute approximate surface area is 202 Å². The molecule has 2 heterocycles. The molecule has 0 bridgehead atoms. The lowest BCUT2D eigenvalue weighted by Gasteiger charge is -2.30. The number of hydrogen-bond acceptors (Lipinski definition) is 7. The number of thioether (sulfide) groups is 1. The third-order valence-corrected chi connectivity index (χ3v) is 6.99. The second-order valence-corrected chi connectivity index (χ2v) is 9.11. The molecule has 0 radical (unpaired) electrons. The lowest BCUT2D eigenvalue weighted by Crippen LogP contribution is -2.40. The molecule has 1 aliphatic carbocycles. The molecule has 1 saturated carbocycles. The van der Waals surface area contributed by atoms with E-state index in [1.807, 2.05) is 23.1 Å². The van der Waals surface area contributed by atoms with Gasteiger partial charge in [-0.1, -0.05) is 30.9 Å². The van der Waals surface area contributed by atoms with Crippen LogP contribution in [0.1, 0.15) is 37.7 Å². The number of ether oxygens (including phenoxy) is 3. The summed E-state index contributed by atoms with van der Waals surface area (Å²) in [5, 5.41) is 0.934. The van der Waals surface area contributed by atoms with E-state index in [0.29, 0.717) is 38.2 Å². The largest absolute Gasteiger partial charge is 0.493 e. The summed E-state index contributed by atoms with van der Waals surface area (Å²) in [6, 6.07) is 7.34. The van der Waals surface area contributed by atoms with Gasteiger partial charge in [-0.25, -0.2) is 9.98 Å². The van der Waals surface area contributed by atoms with Crippen LogP contribution in [0.15, 0.2) is 40.4 Å². The van der Waals surface area contributed by atoms with Crippen molar-refractivity contribution in [2.75, 3.05) is 21.3 Å². The number of amides is 1. The minimum Gasteiger partial charge on any atom is -0.493 e. The van der Waals surface area contributed by atoms with Crippen LogP contribution in [0, 0.1) is 0 Å². The zero-order valence-electron chi connectivity index (χ0n) is 18.8. The first kappa shape index (κ1) is 23.4. The van der Waals surface area contributed by atoms with Crippen molar-refractivity contribution in [1.29, 1.82) is 0 Å². The summed E-state index contributed by atoms with van der Waals surface area (Å²) >= 11 is 7.59. The number of benzene rings is 1. The lowest BCUT2D eigenvalue weighted by molar-refractivity contribution is -0.124. The molecule has 9 heteroatoms. The van der Waals surface area contributed by atoms with Gasteiger partial charge in [0.25, 0.3) is 5.91 Å². The molecular weight excluding hydrogens is 462 g/mol. The zero-order valence-corrected chi connectivity index (χ0v) is 20.4. The number of aromatic nitrogens is 1. The van der Waals surface area contributed by atoms with Crippen LogP contribution in [-0.4, -0.2) is 48.3 Å². The Morgan fingerprint density at radius 2 is 1.82 bits per heavy atom. The quantitative estimate of drug-likeness (QED) is 0.384. The number of aliphatic imine (C=N–C) groups is 1. The van der Waals surface area contributed by atoms with Crippen LogP contribution in [0.2, 0.25) is 5.15 Å². The Morgan fingerprint density at radius 1 is 1.12 bits per heavy atom.